The van der Waals surface area contributed by atoms with Crippen LogP contribution in [-0.2, 0) is 6.54 Å². The van der Waals surface area contributed by atoms with Crippen molar-refractivity contribution >= 4 is 11.3 Å². The van der Waals surface area contributed by atoms with Gasteiger partial charge in [0, 0.05) is 11.4 Å². The fraction of sp³-hybridized carbons (Fsp3) is 0.769. The van der Waals surface area contributed by atoms with Gasteiger partial charge in [-0.3, -0.25) is 4.90 Å². The molecule has 2 rings (SSSR count). The normalized spacial score (nSPS) is 27.1. The number of aryl methyl sites for hydroxylation is 2. The molecule has 0 spiro atoms. The zero-order chi connectivity index (χ0) is 12.5. The third kappa shape index (κ3) is 3.50. The minimum absolute atomic E-state index is 0.469. The second kappa shape index (κ2) is 5.04. The predicted molar refractivity (Wildman–Crippen MR) is 71.3 cm³/mol. The lowest BCUT2D eigenvalue weighted by atomic mass is 9.98. The van der Waals surface area contributed by atoms with Crippen molar-refractivity contribution < 1.29 is 5.11 Å². The van der Waals surface area contributed by atoms with E-state index in [1.807, 2.05) is 6.92 Å². The van der Waals surface area contributed by atoms with Gasteiger partial charge in [0.15, 0.2) is 0 Å². The molecule has 1 aromatic rings. The van der Waals surface area contributed by atoms with Crippen LogP contribution in [0.5, 0.6) is 0 Å². The Labute approximate surface area is 107 Å². The van der Waals surface area contributed by atoms with Crippen LogP contribution >= 0.6 is 11.3 Å². The maximum Gasteiger partial charge on any atom is 0.107 e. The Balaban J connectivity index is 1.95. The highest BCUT2D eigenvalue weighted by atomic mass is 32.1. The second-order valence-electron chi connectivity index (χ2n) is 5.38. The van der Waals surface area contributed by atoms with Gasteiger partial charge in [0.2, 0.25) is 0 Å². The molecule has 4 heteroatoms. The topological polar surface area (TPSA) is 36.4 Å². The Bertz CT molecular complexity index is 367. The molecule has 96 valence electrons. The lowest BCUT2D eigenvalue weighted by molar-refractivity contribution is 0.0444. The zero-order valence-corrected chi connectivity index (χ0v) is 11.8. The van der Waals surface area contributed by atoms with Crippen LogP contribution in [0.4, 0.5) is 0 Å². The lowest BCUT2D eigenvalue weighted by Crippen LogP contribution is -2.28. The Kier molecular flexibility index (Phi) is 3.85. The number of aromatic nitrogens is 1. The van der Waals surface area contributed by atoms with Crippen LogP contribution in [-0.4, -0.2) is 33.7 Å². The van der Waals surface area contributed by atoms with Crippen LogP contribution in [0.3, 0.4) is 0 Å². The van der Waals surface area contributed by atoms with E-state index in [9.17, 15) is 5.11 Å². The van der Waals surface area contributed by atoms with Crippen molar-refractivity contribution in [1.29, 1.82) is 0 Å². The van der Waals surface area contributed by atoms with Crippen molar-refractivity contribution in [3.8, 4) is 0 Å². The number of hydrogen-bond donors (Lipinski definition) is 1. The van der Waals surface area contributed by atoms with Gasteiger partial charge in [-0.05, 0) is 46.6 Å². The summed E-state index contributed by atoms with van der Waals surface area (Å²) in [6, 6.07) is 0. The molecule has 1 aromatic heterocycles. The fourth-order valence-electron chi connectivity index (χ4n) is 2.28. The summed E-state index contributed by atoms with van der Waals surface area (Å²) in [5.41, 5.74) is 0.690. The maximum absolute atomic E-state index is 10.0. The Morgan fingerprint density at radius 3 is 2.76 bits per heavy atom. The molecule has 1 aliphatic rings. The summed E-state index contributed by atoms with van der Waals surface area (Å²) < 4.78 is 0. The van der Waals surface area contributed by atoms with E-state index in [4.69, 9.17) is 0 Å². The van der Waals surface area contributed by atoms with Crippen LogP contribution < -0.4 is 0 Å². The van der Waals surface area contributed by atoms with Crippen molar-refractivity contribution in [2.24, 2.45) is 0 Å². The Morgan fingerprint density at radius 2 is 2.12 bits per heavy atom. The monoisotopic (exact) mass is 254 g/mol. The summed E-state index contributed by atoms with van der Waals surface area (Å²) in [6.45, 7) is 9.15. The predicted octanol–water partition coefficient (Wildman–Crippen LogP) is 2.50. The van der Waals surface area contributed by atoms with Crippen LogP contribution in [0.2, 0.25) is 0 Å². The minimum Gasteiger partial charge on any atom is -0.390 e. The summed E-state index contributed by atoms with van der Waals surface area (Å²) in [6.07, 6.45) is 2.87. The number of nitrogens with zero attached hydrogens (tertiary/aromatic N) is 2. The molecule has 1 saturated heterocycles. The second-order valence-corrected chi connectivity index (χ2v) is 6.66. The highest BCUT2D eigenvalue weighted by molar-refractivity contribution is 7.11. The first-order chi connectivity index (χ1) is 7.96. The van der Waals surface area contributed by atoms with E-state index in [0.717, 1.165) is 44.6 Å². The van der Waals surface area contributed by atoms with E-state index in [0.29, 0.717) is 0 Å². The van der Waals surface area contributed by atoms with Gasteiger partial charge in [-0.1, -0.05) is 0 Å². The molecule has 1 atom stereocenters. The highest BCUT2D eigenvalue weighted by Crippen LogP contribution is 2.24. The van der Waals surface area contributed by atoms with Gasteiger partial charge in [-0.15, -0.1) is 11.3 Å². The molecule has 3 nitrogen and oxygen atoms in total. The summed E-state index contributed by atoms with van der Waals surface area (Å²) in [5.74, 6) is 0. The molecule has 0 aromatic carbocycles. The van der Waals surface area contributed by atoms with Gasteiger partial charge in [0.05, 0.1) is 17.8 Å². The SMILES string of the molecule is Cc1nc(CN2CCCC(C)(O)CC2)sc1C. The molecule has 1 unspecified atom stereocenters. The lowest BCUT2D eigenvalue weighted by Gasteiger charge is -2.21. The van der Waals surface area contributed by atoms with Crippen LogP contribution in [0, 0.1) is 13.8 Å². The number of thiazole rings is 1. The average molecular weight is 254 g/mol. The summed E-state index contributed by atoms with van der Waals surface area (Å²) in [7, 11) is 0. The van der Waals surface area contributed by atoms with E-state index in [1.165, 1.54) is 9.88 Å². The molecule has 17 heavy (non-hydrogen) atoms. The summed E-state index contributed by atoms with van der Waals surface area (Å²) in [5, 5.41) is 11.3. The van der Waals surface area contributed by atoms with Gasteiger partial charge in [-0.25, -0.2) is 4.98 Å². The first-order valence-electron chi connectivity index (χ1n) is 6.34. The molecule has 0 radical (unpaired) electrons. The van der Waals surface area contributed by atoms with Gasteiger partial charge < -0.3 is 5.11 Å². The summed E-state index contributed by atoms with van der Waals surface area (Å²) in [4.78, 5) is 8.32. The van der Waals surface area contributed by atoms with Gasteiger partial charge >= 0.3 is 0 Å². The van der Waals surface area contributed by atoms with E-state index in [1.54, 1.807) is 11.3 Å². The molecular formula is C13H22N2OS. The van der Waals surface area contributed by atoms with E-state index < -0.39 is 5.60 Å². The van der Waals surface area contributed by atoms with Gasteiger partial charge in [0.25, 0.3) is 0 Å². The largest absolute Gasteiger partial charge is 0.390 e. The van der Waals surface area contributed by atoms with Crippen molar-refractivity contribution in [2.45, 2.75) is 52.2 Å². The quantitative estimate of drug-likeness (QED) is 0.881. The standard InChI is InChI=1S/C13H22N2OS/c1-10-11(2)17-12(14-10)9-15-7-4-5-13(3,16)6-8-15/h16H,4-9H2,1-3H3. The Morgan fingerprint density at radius 1 is 1.35 bits per heavy atom. The van der Waals surface area contributed by atoms with E-state index >= 15 is 0 Å². The molecule has 0 amide bonds. The van der Waals surface area contributed by atoms with Crippen LogP contribution in [0.15, 0.2) is 0 Å². The zero-order valence-electron chi connectivity index (χ0n) is 11.0. The van der Waals surface area contributed by atoms with Crippen molar-refractivity contribution in [3.63, 3.8) is 0 Å². The van der Waals surface area contributed by atoms with Crippen LogP contribution in [0.25, 0.3) is 0 Å². The molecule has 1 N–H and O–H groups in total. The maximum atomic E-state index is 10.0. The first kappa shape index (κ1) is 13.0. The Hall–Kier alpha value is -0.450. The highest BCUT2D eigenvalue weighted by Gasteiger charge is 2.25. The van der Waals surface area contributed by atoms with Crippen molar-refractivity contribution in [1.82, 2.24) is 9.88 Å². The van der Waals surface area contributed by atoms with Gasteiger partial charge in [0.1, 0.15) is 5.01 Å². The van der Waals surface area contributed by atoms with Crippen molar-refractivity contribution in [3.05, 3.63) is 15.6 Å². The smallest absolute Gasteiger partial charge is 0.107 e. The fourth-order valence-corrected chi connectivity index (χ4v) is 3.25. The number of rotatable bonds is 2. The molecule has 1 aliphatic heterocycles. The molecule has 0 aliphatic carbocycles. The summed E-state index contributed by atoms with van der Waals surface area (Å²) >= 11 is 1.80. The first-order valence-corrected chi connectivity index (χ1v) is 7.15. The average Bonchev–Trinajstić information content (AvgIpc) is 2.44. The van der Waals surface area contributed by atoms with E-state index in [2.05, 4.69) is 23.7 Å². The third-order valence-electron chi connectivity index (χ3n) is 3.59. The molecule has 2 heterocycles. The van der Waals surface area contributed by atoms with Crippen molar-refractivity contribution in [2.75, 3.05) is 13.1 Å². The third-order valence-corrected chi connectivity index (χ3v) is 4.65. The van der Waals surface area contributed by atoms with Gasteiger partial charge in [-0.2, -0.15) is 0 Å². The molecule has 0 saturated carbocycles. The number of aliphatic hydroxyl groups is 1. The number of hydrogen-bond acceptors (Lipinski definition) is 4. The molecule has 0 bridgehead atoms. The molecule has 1 fully saturated rings. The van der Waals surface area contributed by atoms with E-state index in [-0.39, 0.29) is 0 Å². The van der Waals surface area contributed by atoms with Crippen LogP contribution in [0.1, 0.15) is 41.8 Å². The minimum atomic E-state index is -0.469. The number of likely N-dealkylation sites (tertiary alicyclic amines) is 1. The molecular weight excluding hydrogens is 232 g/mol.